The Kier molecular flexibility index (Phi) is 5.26. The van der Waals surface area contributed by atoms with Gasteiger partial charge in [-0.1, -0.05) is 22.9 Å². The van der Waals surface area contributed by atoms with Crippen LogP contribution in [0.3, 0.4) is 0 Å². The lowest BCUT2D eigenvalue weighted by Gasteiger charge is -2.14. The zero-order valence-corrected chi connectivity index (χ0v) is 10.8. The summed E-state index contributed by atoms with van der Waals surface area (Å²) in [5.41, 5.74) is 1.05. The number of rotatable bonds is 5. The van der Waals surface area contributed by atoms with Crippen LogP contribution in [0.5, 0.6) is 0 Å². The highest BCUT2D eigenvalue weighted by atomic mass is 79.9. The summed E-state index contributed by atoms with van der Waals surface area (Å²) in [6.07, 6.45) is 3.04. The Morgan fingerprint density at radius 3 is 2.80 bits per heavy atom. The van der Waals surface area contributed by atoms with Crippen molar-refractivity contribution >= 4 is 15.9 Å². The molecule has 0 aliphatic carbocycles. The van der Waals surface area contributed by atoms with Crippen molar-refractivity contribution in [1.29, 1.82) is 0 Å². The van der Waals surface area contributed by atoms with Gasteiger partial charge in [0, 0.05) is 10.5 Å². The third-order valence-electron chi connectivity index (χ3n) is 2.67. The first kappa shape index (κ1) is 12.7. The van der Waals surface area contributed by atoms with E-state index in [4.69, 9.17) is 0 Å². The molecule has 1 nitrogen and oxygen atoms in total. The molecule has 0 radical (unpaired) electrons. The second kappa shape index (κ2) is 6.23. The van der Waals surface area contributed by atoms with E-state index in [2.05, 4.69) is 28.2 Å². The van der Waals surface area contributed by atoms with Gasteiger partial charge >= 0.3 is 0 Å². The lowest BCUT2D eigenvalue weighted by atomic mass is 10.0. The van der Waals surface area contributed by atoms with E-state index < -0.39 is 0 Å². The van der Waals surface area contributed by atoms with Crippen LogP contribution in [0.25, 0.3) is 0 Å². The van der Waals surface area contributed by atoms with Crippen LogP contribution in [0.1, 0.15) is 25.3 Å². The Hall–Kier alpha value is -0.410. The van der Waals surface area contributed by atoms with Crippen molar-refractivity contribution in [3.05, 3.63) is 34.1 Å². The number of halogens is 2. The SMILES string of the molecule is CCC(CCc1cc(F)ccc1Br)NC. The summed E-state index contributed by atoms with van der Waals surface area (Å²) in [7, 11) is 1.97. The van der Waals surface area contributed by atoms with Crippen molar-refractivity contribution in [1.82, 2.24) is 5.32 Å². The number of nitrogens with one attached hydrogen (secondary N) is 1. The van der Waals surface area contributed by atoms with Gasteiger partial charge in [-0.3, -0.25) is 0 Å². The maximum atomic E-state index is 13.0. The summed E-state index contributed by atoms with van der Waals surface area (Å²) in [5.74, 6) is -0.161. The zero-order chi connectivity index (χ0) is 11.3. The molecule has 0 fully saturated rings. The van der Waals surface area contributed by atoms with Crippen molar-refractivity contribution in [2.45, 2.75) is 32.2 Å². The largest absolute Gasteiger partial charge is 0.317 e. The molecule has 0 saturated heterocycles. The molecule has 1 rings (SSSR count). The first-order valence-electron chi connectivity index (χ1n) is 5.28. The van der Waals surface area contributed by atoms with Gasteiger partial charge in [0.2, 0.25) is 0 Å². The normalized spacial score (nSPS) is 12.8. The van der Waals surface area contributed by atoms with Crippen LogP contribution in [0, 0.1) is 5.82 Å². The molecule has 0 amide bonds. The van der Waals surface area contributed by atoms with Crippen LogP contribution in [-0.4, -0.2) is 13.1 Å². The molecule has 1 aromatic rings. The average Bonchev–Trinajstić information content (AvgIpc) is 2.24. The third kappa shape index (κ3) is 3.92. The molecule has 3 heteroatoms. The van der Waals surface area contributed by atoms with E-state index in [0.717, 1.165) is 29.3 Å². The summed E-state index contributed by atoms with van der Waals surface area (Å²) < 4.78 is 14.0. The highest BCUT2D eigenvalue weighted by molar-refractivity contribution is 9.10. The molecule has 1 N–H and O–H groups in total. The second-order valence-corrected chi connectivity index (χ2v) is 4.52. The van der Waals surface area contributed by atoms with Gasteiger partial charge in [0.25, 0.3) is 0 Å². The fraction of sp³-hybridized carbons (Fsp3) is 0.500. The van der Waals surface area contributed by atoms with Gasteiger partial charge < -0.3 is 5.32 Å². The van der Waals surface area contributed by atoms with E-state index >= 15 is 0 Å². The second-order valence-electron chi connectivity index (χ2n) is 3.67. The summed E-state index contributed by atoms with van der Waals surface area (Å²) in [6, 6.07) is 5.36. The lowest BCUT2D eigenvalue weighted by molar-refractivity contribution is 0.507. The smallest absolute Gasteiger partial charge is 0.123 e. The summed E-state index contributed by atoms with van der Waals surface area (Å²) in [4.78, 5) is 0. The van der Waals surface area contributed by atoms with Crippen LogP contribution in [0.2, 0.25) is 0 Å². The molecule has 0 aliphatic heterocycles. The summed E-state index contributed by atoms with van der Waals surface area (Å²) in [6.45, 7) is 2.15. The Labute approximate surface area is 99.2 Å². The fourth-order valence-electron chi connectivity index (χ4n) is 1.62. The molecule has 84 valence electrons. The van der Waals surface area contributed by atoms with Crippen LogP contribution in [-0.2, 0) is 6.42 Å². The average molecular weight is 274 g/mol. The lowest BCUT2D eigenvalue weighted by Crippen LogP contribution is -2.24. The fourth-order valence-corrected chi connectivity index (χ4v) is 2.06. The van der Waals surface area contributed by atoms with Gasteiger partial charge in [-0.05, 0) is 50.1 Å². The Morgan fingerprint density at radius 2 is 2.20 bits per heavy atom. The van der Waals surface area contributed by atoms with Crippen LogP contribution >= 0.6 is 15.9 Å². The first-order chi connectivity index (χ1) is 7.17. The van der Waals surface area contributed by atoms with E-state index in [-0.39, 0.29) is 5.82 Å². The third-order valence-corrected chi connectivity index (χ3v) is 3.44. The van der Waals surface area contributed by atoms with Crippen LogP contribution < -0.4 is 5.32 Å². The molecule has 1 aromatic carbocycles. The van der Waals surface area contributed by atoms with E-state index in [9.17, 15) is 4.39 Å². The maximum Gasteiger partial charge on any atom is 0.123 e. The van der Waals surface area contributed by atoms with Gasteiger partial charge in [0.05, 0.1) is 0 Å². The first-order valence-corrected chi connectivity index (χ1v) is 6.07. The minimum atomic E-state index is -0.161. The van der Waals surface area contributed by atoms with E-state index in [1.54, 1.807) is 12.1 Å². The molecule has 15 heavy (non-hydrogen) atoms. The van der Waals surface area contributed by atoms with Gasteiger partial charge in [0.1, 0.15) is 5.82 Å². The van der Waals surface area contributed by atoms with Gasteiger partial charge in [-0.25, -0.2) is 4.39 Å². The van der Waals surface area contributed by atoms with Crippen molar-refractivity contribution in [3.63, 3.8) is 0 Å². The van der Waals surface area contributed by atoms with E-state index in [1.165, 1.54) is 6.07 Å². The van der Waals surface area contributed by atoms with Crippen molar-refractivity contribution < 1.29 is 4.39 Å². The molecule has 1 atom stereocenters. The molecule has 0 heterocycles. The summed E-state index contributed by atoms with van der Waals surface area (Å²) in [5, 5.41) is 3.25. The van der Waals surface area contributed by atoms with E-state index in [0.29, 0.717) is 6.04 Å². The van der Waals surface area contributed by atoms with Crippen molar-refractivity contribution in [2.75, 3.05) is 7.05 Å². The van der Waals surface area contributed by atoms with Crippen molar-refractivity contribution in [2.24, 2.45) is 0 Å². The quantitative estimate of drug-likeness (QED) is 0.866. The Balaban J connectivity index is 2.60. The van der Waals surface area contributed by atoms with Crippen LogP contribution in [0.15, 0.2) is 22.7 Å². The Bertz CT molecular complexity index is 310. The van der Waals surface area contributed by atoms with Crippen LogP contribution in [0.4, 0.5) is 4.39 Å². The van der Waals surface area contributed by atoms with Crippen molar-refractivity contribution in [3.8, 4) is 0 Å². The molecule has 0 aliphatic rings. The topological polar surface area (TPSA) is 12.0 Å². The minimum Gasteiger partial charge on any atom is -0.317 e. The highest BCUT2D eigenvalue weighted by Crippen LogP contribution is 2.20. The predicted molar refractivity (Wildman–Crippen MR) is 65.6 cm³/mol. The predicted octanol–water partition coefficient (Wildman–Crippen LogP) is 3.52. The highest BCUT2D eigenvalue weighted by Gasteiger charge is 2.06. The minimum absolute atomic E-state index is 0.161. The van der Waals surface area contributed by atoms with Gasteiger partial charge in [-0.2, -0.15) is 0 Å². The number of hydrogen-bond donors (Lipinski definition) is 1. The maximum absolute atomic E-state index is 13.0. The zero-order valence-electron chi connectivity index (χ0n) is 9.19. The molecule has 0 spiro atoms. The van der Waals surface area contributed by atoms with Gasteiger partial charge in [-0.15, -0.1) is 0 Å². The summed E-state index contributed by atoms with van der Waals surface area (Å²) >= 11 is 3.44. The molecule has 0 saturated carbocycles. The molecular formula is C12H17BrFN. The standard InChI is InChI=1S/C12H17BrFN/c1-3-11(15-2)6-4-9-8-10(14)5-7-12(9)13/h5,7-8,11,15H,3-4,6H2,1-2H3. The van der Waals surface area contributed by atoms with Gasteiger partial charge in [0.15, 0.2) is 0 Å². The molecular weight excluding hydrogens is 257 g/mol. The molecule has 0 bridgehead atoms. The Morgan fingerprint density at radius 1 is 1.47 bits per heavy atom. The number of hydrogen-bond acceptors (Lipinski definition) is 1. The molecule has 1 unspecified atom stereocenters. The number of aryl methyl sites for hydroxylation is 1. The van der Waals surface area contributed by atoms with E-state index in [1.807, 2.05) is 7.05 Å². The number of benzene rings is 1. The molecule has 0 aromatic heterocycles. The monoisotopic (exact) mass is 273 g/mol.